The molecular formula is C18H27NO3. The summed E-state index contributed by atoms with van der Waals surface area (Å²) in [6, 6.07) is 7.71. The third kappa shape index (κ3) is 4.82. The number of rotatable bonds is 4. The Morgan fingerprint density at radius 3 is 2.36 bits per heavy atom. The highest BCUT2D eigenvalue weighted by Crippen LogP contribution is 2.22. The number of benzene rings is 1. The van der Waals surface area contributed by atoms with Crippen LogP contribution in [0.15, 0.2) is 24.3 Å². The lowest BCUT2D eigenvalue weighted by atomic mass is 9.87. The molecule has 4 nitrogen and oxygen atoms in total. The zero-order valence-corrected chi connectivity index (χ0v) is 14.1. The van der Waals surface area contributed by atoms with Crippen LogP contribution in [0, 0.1) is 0 Å². The van der Waals surface area contributed by atoms with Gasteiger partial charge in [0.05, 0.1) is 18.8 Å². The van der Waals surface area contributed by atoms with Gasteiger partial charge in [-0.25, -0.2) is 4.79 Å². The Bertz CT molecular complexity index is 484. The third-order valence-corrected chi connectivity index (χ3v) is 3.91. The first-order chi connectivity index (χ1) is 10.4. The van der Waals surface area contributed by atoms with Crippen molar-refractivity contribution in [1.29, 1.82) is 0 Å². The Kier molecular flexibility index (Phi) is 5.59. The number of ether oxygens (including phenoxy) is 2. The molecule has 0 spiro atoms. The van der Waals surface area contributed by atoms with Crippen molar-refractivity contribution in [3.63, 3.8) is 0 Å². The maximum atomic E-state index is 12.2. The molecule has 1 atom stereocenters. The maximum Gasteiger partial charge on any atom is 0.338 e. The number of esters is 1. The van der Waals surface area contributed by atoms with Crippen molar-refractivity contribution in [2.45, 2.75) is 39.2 Å². The van der Waals surface area contributed by atoms with E-state index in [0.717, 1.165) is 32.8 Å². The summed E-state index contributed by atoms with van der Waals surface area (Å²) in [5.74, 6) is -0.249. The summed E-state index contributed by atoms with van der Waals surface area (Å²) in [7, 11) is 0. The Hall–Kier alpha value is -1.39. The van der Waals surface area contributed by atoms with Gasteiger partial charge in [-0.15, -0.1) is 0 Å². The summed E-state index contributed by atoms with van der Waals surface area (Å²) < 4.78 is 10.9. The first kappa shape index (κ1) is 17.0. The van der Waals surface area contributed by atoms with Crippen molar-refractivity contribution in [2.75, 3.05) is 32.8 Å². The molecule has 22 heavy (non-hydrogen) atoms. The molecule has 1 aliphatic rings. The normalized spacial score (nSPS) is 18.0. The Balaban J connectivity index is 1.88. The number of hydrogen-bond acceptors (Lipinski definition) is 4. The first-order valence-electron chi connectivity index (χ1n) is 7.98. The van der Waals surface area contributed by atoms with Crippen LogP contribution < -0.4 is 0 Å². The van der Waals surface area contributed by atoms with Gasteiger partial charge in [-0.05, 0) is 30.0 Å². The highest BCUT2D eigenvalue weighted by Gasteiger charge is 2.18. The number of carbonyl (C=O) groups excluding carboxylic acids is 1. The molecular weight excluding hydrogens is 278 g/mol. The molecule has 0 radical (unpaired) electrons. The zero-order valence-electron chi connectivity index (χ0n) is 14.1. The highest BCUT2D eigenvalue weighted by atomic mass is 16.5. The quantitative estimate of drug-likeness (QED) is 0.802. The van der Waals surface area contributed by atoms with E-state index in [0.29, 0.717) is 5.56 Å². The smallest absolute Gasteiger partial charge is 0.338 e. The predicted octanol–water partition coefficient (Wildman–Crippen LogP) is 2.86. The van der Waals surface area contributed by atoms with Crippen LogP contribution >= 0.6 is 0 Å². The van der Waals surface area contributed by atoms with Crippen molar-refractivity contribution >= 4 is 5.97 Å². The summed E-state index contributed by atoms with van der Waals surface area (Å²) in [6.07, 6.45) is -0.118. The summed E-state index contributed by atoms with van der Waals surface area (Å²) in [6.45, 7) is 12.5. The summed E-state index contributed by atoms with van der Waals surface area (Å²) >= 11 is 0. The third-order valence-electron chi connectivity index (χ3n) is 3.91. The summed E-state index contributed by atoms with van der Waals surface area (Å²) in [4.78, 5) is 14.5. The molecule has 0 amide bonds. The lowest BCUT2D eigenvalue weighted by Crippen LogP contribution is -2.41. The number of hydrogen-bond donors (Lipinski definition) is 0. The van der Waals surface area contributed by atoms with Crippen molar-refractivity contribution in [1.82, 2.24) is 4.90 Å². The van der Waals surface area contributed by atoms with Crippen molar-refractivity contribution in [3.05, 3.63) is 35.4 Å². The van der Waals surface area contributed by atoms with Crippen LogP contribution in [-0.4, -0.2) is 49.8 Å². The highest BCUT2D eigenvalue weighted by molar-refractivity contribution is 5.89. The SMILES string of the molecule is C[C@@H](CN1CCOCC1)OC(=O)c1ccc(C(C)(C)C)cc1. The van der Waals surface area contributed by atoms with E-state index in [1.165, 1.54) is 5.56 Å². The summed E-state index contributed by atoms with van der Waals surface area (Å²) in [5.41, 5.74) is 1.92. The second kappa shape index (κ2) is 7.25. The molecule has 0 unspecified atom stereocenters. The van der Waals surface area contributed by atoms with Gasteiger partial charge in [-0.1, -0.05) is 32.9 Å². The number of nitrogens with zero attached hydrogens (tertiary/aromatic N) is 1. The average Bonchev–Trinajstić information content (AvgIpc) is 2.47. The van der Waals surface area contributed by atoms with Gasteiger partial charge in [0.15, 0.2) is 0 Å². The standard InChI is InChI=1S/C18H27NO3/c1-14(13-19-9-11-21-12-10-19)22-17(20)15-5-7-16(8-6-15)18(2,3)4/h5-8,14H,9-13H2,1-4H3/t14-/m0/s1. The van der Waals surface area contributed by atoms with E-state index in [9.17, 15) is 4.79 Å². The molecule has 1 heterocycles. The monoisotopic (exact) mass is 305 g/mol. The Morgan fingerprint density at radius 1 is 1.23 bits per heavy atom. The Morgan fingerprint density at radius 2 is 1.82 bits per heavy atom. The molecule has 0 N–H and O–H groups in total. The zero-order chi connectivity index (χ0) is 16.2. The van der Waals surface area contributed by atoms with Crippen LogP contribution in [0.5, 0.6) is 0 Å². The van der Waals surface area contributed by atoms with E-state index in [1.54, 1.807) is 0 Å². The molecule has 1 saturated heterocycles. The minimum Gasteiger partial charge on any atom is -0.458 e. The fraction of sp³-hybridized carbons (Fsp3) is 0.611. The van der Waals surface area contributed by atoms with E-state index in [1.807, 2.05) is 31.2 Å². The molecule has 0 bridgehead atoms. The van der Waals surface area contributed by atoms with Crippen LogP contribution in [0.2, 0.25) is 0 Å². The van der Waals surface area contributed by atoms with Crippen LogP contribution in [0.25, 0.3) is 0 Å². The number of morpholine rings is 1. The van der Waals surface area contributed by atoms with Gasteiger partial charge >= 0.3 is 5.97 Å². The maximum absolute atomic E-state index is 12.2. The van der Waals surface area contributed by atoms with Crippen LogP contribution in [0.1, 0.15) is 43.6 Å². The molecule has 1 aromatic rings. The van der Waals surface area contributed by atoms with Gasteiger partial charge in [0.25, 0.3) is 0 Å². The minimum absolute atomic E-state index is 0.0893. The molecule has 1 aromatic carbocycles. The molecule has 0 aliphatic carbocycles. The second-order valence-corrected chi connectivity index (χ2v) is 6.96. The largest absolute Gasteiger partial charge is 0.458 e. The van der Waals surface area contributed by atoms with Gasteiger partial charge in [0.1, 0.15) is 6.10 Å². The molecule has 2 rings (SSSR count). The molecule has 1 aliphatic heterocycles. The van der Waals surface area contributed by atoms with Gasteiger partial charge in [-0.2, -0.15) is 0 Å². The van der Waals surface area contributed by atoms with E-state index < -0.39 is 0 Å². The molecule has 0 saturated carbocycles. The fourth-order valence-corrected chi connectivity index (χ4v) is 2.54. The fourth-order valence-electron chi connectivity index (χ4n) is 2.54. The number of carbonyl (C=O) groups is 1. The molecule has 4 heteroatoms. The first-order valence-corrected chi connectivity index (χ1v) is 7.98. The van der Waals surface area contributed by atoms with Crippen LogP contribution in [0.3, 0.4) is 0 Å². The van der Waals surface area contributed by atoms with Crippen LogP contribution in [0.4, 0.5) is 0 Å². The van der Waals surface area contributed by atoms with E-state index in [4.69, 9.17) is 9.47 Å². The topological polar surface area (TPSA) is 38.8 Å². The van der Waals surface area contributed by atoms with Crippen molar-refractivity contribution in [3.8, 4) is 0 Å². The van der Waals surface area contributed by atoms with Gasteiger partial charge < -0.3 is 9.47 Å². The lowest BCUT2D eigenvalue weighted by molar-refractivity contribution is 0.000444. The van der Waals surface area contributed by atoms with E-state index >= 15 is 0 Å². The van der Waals surface area contributed by atoms with E-state index in [2.05, 4.69) is 25.7 Å². The van der Waals surface area contributed by atoms with E-state index in [-0.39, 0.29) is 17.5 Å². The van der Waals surface area contributed by atoms with Gasteiger partial charge in [0.2, 0.25) is 0 Å². The molecule has 1 fully saturated rings. The summed E-state index contributed by atoms with van der Waals surface area (Å²) in [5, 5.41) is 0. The van der Waals surface area contributed by atoms with Gasteiger partial charge in [-0.3, -0.25) is 4.90 Å². The predicted molar refractivity (Wildman–Crippen MR) is 87.3 cm³/mol. The average molecular weight is 305 g/mol. The lowest BCUT2D eigenvalue weighted by Gasteiger charge is -2.28. The minimum atomic E-state index is -0.249. The van der Waals surface area contributed by atoms with Crippen molar-refractivity contribution < 1.29 is 14.3 Å². The Labute approximate surface area is 133 Å². The van der Waals surface area contributed by atoms with Crippen LogP contribution in [-0.2, 0) is 14.9 Å². The van der Waals surface area contributed by atoms with Crippen molar-refractivity contribution in [2.24, 2.45) is 0 Å². The molecule has 0 aromatic heterocycles. The second-order valence-electron chi connectivity index (χ2n) is 6.96. The molecule has 122 valence electrons. The van der Waals surface area contributed by atoms with Gasteiger partial charge in [0, 0.05) is 19.6 Å².